The molecule has 0 atom stereocenters. The minimum Gasteiger partial charge on any atom is -0.478 e. The predicted molar refractivity (Wildman–Crippen MR) is 74.4 cm³/mol. The zero-order chi connectivity index (χ0) is 15.6. The summed E-state index contributed by atoms with van der Waals surface area (Å²) < 4.78 is 5.28. The molecule has 108 valence electrons. The van der Waals surface area contributed by atoms with Crippen molar-refractivity contribution >= 4 is 34.9 Å². The van der Waals surface area contributed by atoms with Crippen molar-refractivity contribution in [2.45, 2.75) is 0 Å². The average Bonchev–Trinajstić information content (AvgIpc) is 2.42. The fourth-order valence-corrected chi connectivity index (χ4v) is 1.84. The van der Waals surface area contributed by atoms with Gasteiger partial charge in [0.15, 0.2) is 5.75 Å². The Bertz CT molecular complexity index is 736. The Morgan fingerprint density at radius 1 is 1.33 bits per heavy atom. The van der Waals surface area contributed by atoms with E-state index >= 15 is 0 Å². The number of hydrogen-bond donors (Lipinski definition) is 1. The van der Waals surface area contributed by atoms with Crippen molar-refractivity contribution in [1.29, 1.82) is 0 Å². The molecule has 0 bridgehead atoms. The molecule has 21 heavy (non-hydrogen) atoms. The van der Waals surface area contributed by atoms with Gasteiger partial charge in [-0.15, -0.1) is 0 Å². The molecule has 0 aliphatic rings. The summed E-state index contributed by atoms with van der Waals surface area (Å²) in [6.45, 7) is 0. The summed E-state index contributed by atoms with van der Waals surface area (Å²) in [4.78, 5) is 24.8. The standard InChI is InChI=1S/C12H6Cl2N2O5/c13-8-2-1-6(16(19)20)5-9(8)21-11-10(14)7(12(17)18)3-4-15-11/h1-5H,(H,17,18). The molecule has 2 aromatic rings. The van der Waals surface area contributed by atoms with Gasteiger partial charge in [0.2, 0.25) is 5.88 Å². The molecule has 1 aromatic carbocycles. The van der Waals surface area contributed by atoms with Gasteiger partial charge in [0, 0.05) is 12.3 Å². The summed E-state index contributed by atoms with van der Waals surface area (Å²) in [5, 5.41) is 19.5. The Hall–Kier alpha value is -2.38. The zero-order valence-corrected chi connectivity index (χ0v) is 11.6. The number of benzene rings is 1. The molecule has 0 aliphatic heterocycles. The van der Waals surface area contributed by atoms with Crippen LogP contribution < -0.4 is 4.74 Å². The maximum Gasteiger partial charge on any atom is 0.337 e. The number of nitro benzene ring substituents is 1. The van der Waals surface area contributed by atoms with Crippen LogP contribution in [0.15, 0.2) is 30.5 Å². The second kappa shape index (κ2) is 5.94. The van der Waals surface area contributed by atoms with E-state index < -0.39 is 10.9 Å². The van der Waals surface area contributed by atoms with Crippen LogP contribution in [-0.2, 0) is 0 Å². The van der Waals surface area contributed by atoms with Crippen molar-refractivity contribution < 1.29 is 19.6 Å². The van der Waals surface area contributed by atoms with E-state index in [1.165, 1.54) is 24.4 Å². The number of hydrogen-bond acceptors (Lipinski definition) is 5. The predicted octanol–water partition coefficient (Wildman–Crippen LogP) is 3.79. The molecule has 0 saturated heterocycles. The molecule has 7 nitrogen and oxygen atoms in total. The van der Waals surface area contributed by atoms with E-state index in [0.29, 0.717) is 0 Å². The first-order chi connectivity index (χ1) is 9.90. The molecule has 0 amide bonds. The van der Waals surface area contributed by atoms with Crippen molar-refractivity contribution in [3.63, 3.8) is 0 Å². The van der Waals surface area contributed by atoms with Crippen molar-refractivity contribution in [3.8, 4) is 11.6 Å². The van der Waals surface area contributed by atoms with Gasteiger partial charge in [0.05, 0.1) is 21.6 Å². The summed E-state index contributed by atoms with van der Waals surface area (Å²) >= 11 is 11.7. The van der Waals surface area contributed by atoms with E-state index in [9.17, 15) is 14.9 Å². The summed E-state index contributed by atoms with van der Waals surface area (Å²) in [6, 6.07) is 4.78. The Labute approximate surface area is 127 Å². The molecule has 0 aliphatic carbocycles. The highest BCUT2D eigenvalue weighted by Gasteiger charge is 2.17. The summed E-state index contributed by atoms with van der Waals surface area (Å²) in [7, 11) is 0. The molecule has 0 unspecified atom stereocenters. The minimum absolute atomic E-state index is 0.0530. The quantitative estimate of drug-likeness (QED) is 0.676. The van der Waals surface area contributed by atoms with Crippen LogP contribution in [0.3, 0.4) is 0 Å². The van der Waals surface area contributed by atoms with E-state index in [-0.39, 0.29) is 32.9 Å². The maximum absolute atomic E-state index is 11.0. The van der Waals surface area contributed by atoms with Gasteiger partial charge in [0.25, 0.3) is 5.69 Å². The fraction of sp³-hybridized carbons (Fsp3) is 0. The van der Waals surface area contributed by atoms with Gasteiger partial charge in [-0.1, -0.05) is 23.2 Å². The number of carboxylic acid groups (broad SMARTS) is 1. The largest absolute Gasteiger partial charge is 0.478 e. The van der Waals surface area contributed by atoms with Crippen LogP contribution >= 0.6 is 23.2 Å². The lowest BCUT2D eigenvalue weighted by molar-refractivity contribution is -0.384. The Balaban J connectivity index is 2.43. The smallest absolute Gasteiger partial charge is 0.337 e. The number of halogens is 2. The Kier molecular flexibility index (Phi) is 4.25. The van der Waals surface area contributed by atoms with Crippen LogP contribution in [0.1, 0.15) is 10.4 Å². The van der Waals surface area contributed by atoms with Gasteiger partial charge < -0.3 is 9.84 Å². The lowest BCUT2D eigenvalue weighted by Crippen LogP contribution is -2.00. The molecular formula is C12H6Cl2N2O5. The van der Waals surface area contributed by atoms with Crippen molar-refractivity contribution in [2.24, 2.45) is 0 Å². The maximum atomic E-state index is 11.0. The molecule has 1 N–H and O–H groups in total. The van der Waals surface area contributed by atoms with Gasteiger partial charge in [-0.2, -0.15) is 0 Å². The third-order valence-corrected chi connectivity index (χ3v) is 3.10. The lowest BCUT2D eigenvalue weighted by Gasteiger charge is -2.09. The summed E-state index contributed by atoms with van der Waals surface area (Å²) in [5.41, 5.74) is -0.442. The van der Waals surface area contributed by atoms with E-state index in [0.717, 1.165) is 6.07 Å². The second-order valence-electron chi connectivity index (χ2n) is 3.76. The molecule has 0 spiro atoms. The number of aromatic nitrogens is 1. The first kappa shape index (κ1) is 15.0. The first-order valence-electron chi connectivity index (χ1n) is 5.39. The Morgan fingerprint density at radius 2 is 2.05 bits per heavy atom. The molecule has 0 saturated carbocycles. The van der Waals surface area contributed by atoms with Crippen LogP contribution in [0, 0.1) is 10.1 Å². The topological polar surface area (TPSA) is 103 Å². The van der Waals surface area contributed by atoms with Crippen LogP contribution in [-0.4, -0.2) is 21.0 Å². The van der Waals surface area contributed by atoms with Crippen LogP contribution in [0.25, 0.3) is 0 Å². The van der Waals surface area contributed by atoms with Crippen LogP contribution in [0.4, 0.5) is 5.69 Å². The normalized spacial score (nSPS) is 10.2. The van der Waals surface area contributed by atoms with Gasteiger partial charge in [-0.25, -0.2) is 9.78 Å². The molecule has 1 heterocycles. The number of aromatic carboxylic acids is 1. The van der Waals surface area contributed by atoms with E-state index in [1.807, 2.05) is 0 Å². The monoisotopic (exact) mass is 328 g/mol. The summed E-state index contributed by atoms with van der Waals surface area (Å²) in [5.74, 6) is -1.51. The molecule has 0 fully saturated rings. The van der Waals surface area contributed by atoms with Crippen molar-refractivity contribution in [1.82, 2.24) is 4.98 Å². The summed E-state index contributed by atoms with van der Waals surface area (Å²) in [6.07, 6.45) is 1.19. The SMILES string of the molecule is O=C(O)c1ccnc(Oc2cc([N+](=O)[O-])ccc2Cl)c1Cl. The number of nitrogens with zero attached hydrogens (tertiary/aromatic N) is 2. The lowest BCUT2D eigenvalue weighted by atomic mass is 10.2. The van der Waals surface area contributed by atoms with Gasteiger partial charge in [-0.05, 0) is 12.1 Å². The van der Waals surface area contributed by atoms with E-state index in [4.69, 9.17) is 33.0 Å². The van der Waals surface area contributed by atoms with Gasteiger partial charge in [0.1, 0.15) is 5.02 Å². The number of non-ortho nitro benzene ring substituents is 1. The highest BCUT2D eigenvalue weighted by molar-refractivity contribution is 6.35. The van der Waals surface area contributed by atoms with Crippen molar-refractivity contribution in [2.75, 3.05) is 0 Å². The molecule has 0 radical (unpaired) electrons. The molecule has 2 rings (SSSR count). The zero-order valence-electron chi connectivity index (χ0n) is 10.1. The molecular weight excluding hydrogens is 323 g/mol. The fourth-order valence-electron chi connectivity index (χ4n) is 1.45. The highest BCUT2D eigenvalue weighted by Crippen LogP contribution is 2.35. The third kappa shape index (κ3) is 3.21. The number of nitro groups is 1. The van der Waals surface area contributed by atoms with Crippen LogP contribution in [0.2, 0.25) is 10.0 Å². The highest BCUT2D eigenvalue weighted by atomic mass is 35.5. The van der Waals surface area contributed by atoms with Gasteiger partial charge in [-0.3, -0.25) is 10.1 Å². The third-order valence-electron chi connectivity index (χ3n) is 2.42. The van der Waals surface area contributed by atoms with Crippen molar-refractivity contribution in [3.05, 3.63) is 56.2 Å². The molecule has 9 heteroatoms. The van der Waals surface area contributed by atoms with Gasteiger partial charge >= 0.3 is 5.97 Å². The number of ether oxygens (including phenoxy) is 1. The second-order valence-corrected chi connectivity index (χ2v) is 4.54. The number of carbonyl (C=O) groups is 1. The molecule has 1 aromatic heterocycles. The Morgan fingerprint density at radius 3 is 2.67 bits per heavy atom. The average molecular weight is 329 g/mol. The number of carboxylic acids is 1. The number of rotatable bonds is 4. The number of pyridine rings is 1. The van der Waals surface area contributed by atoms with Crippen LogP contribution in [0.5, 0.6) is 11.6 Å². The van der Waals surface area contributed by atoms with E-state index in [1.54, 1.807) is 0 Å². The first-order valence-corrected chi connectivity index (χ1v) is 6.15. The minimum atomic E-state index is -1.25. The van der Waals surface area contributed by atoms with E-state index in [2.05, 4.69) is 4.98 Å².